The van der Waals surface area contributed by atoms with Crippen LogP contribution in [0.15, 0.2) is 34.9 Å². The molecule has 2 aromatic rings. The van der Waals surface area contributed by atoms with E-state index in [1.54, 1.807) is 30.1 Å². The molecule has 1 unspecified atom stereocenters. The predicted octanol–water partition coefficient (Wildman–Crippen LogP) is 4.03. The minimum Gasteiger partial charge on any atom is -0.378 e. The number of carbonyl (C=O) groups is 1. The Labute approximate surface area is 146 Å². The molecule has 0 radical (unpaired) electrons. The van der Waals surface area contributed by atoms with E-state index in [0.29, 0.717) is 23.0 Å². The summed E-state index contributed by atoms with van der Waals surface area (Å²) >= 11 is 5.88. The molecule has 3 rings (SSSR count). The highest BCUT2D eigenvalue weighted by atomic mass is 35.5. The third-order valence-electron chi connectivity index (χ3n) is 4.27. The van der Waals surface area contributed by atoms with E-state index in [0.717, 1.165) is 31.4 Å². The van der Waals surface area contributed by atoms with Gasteiger partial charge in [-0.15, -0.1) is 0 Å². The van der Waals surface area contributed by atoms with Crippen molar-refractivity contribution >= 4 is 17.5 Å². The Hall–Kier alpha value is -1.85. The molecule has 0 N–H and O–H groups in total. The predicted molar refractivity (Wildman–Crippen MR) is 92.1 cm³/mol. The lowest BCUT2D eigenvalue weighted by Crippen LogP contribution is -2.31. The first kappa shape index (κ1) is 17.0. The molecule has 5 nitrogen and oxygen atoms in total. The summed E-state index contributed by atoms with van der Waals surface area (Å²) in [5.74, 6) is 0.411. The summed E-state index contributed by atoms with van der Waals surface area (Å²) in [6, 6.07) is 8.88. The number of halogens is 1. The Balaban J connectivity index is 1.59. The lowest BCUT2D eigenvalue weighted by molar-refractivity contribution is 0.00703. The molecular formula is C18H21ClN2O3. The van der Waals surface area contributed by atoms with Gasteiger partial charge in [0, 0.05) is 36.9 Å². The Morgan fingerprint density at radius 3 is 2.83 bits per heavy atom. The number of carbonyl (C=O) groups excluding carboxylic acids is 1. The number of hydrogen-bond acceptors (Lipinski definition) is 4. The summed E-state index contributed by atoms with van der Waals surface area (Å²) in [7, 11) is 1.78. The zero-order valence-corrected chi connectivity index (χ0v) is 14.5. The molecule has 1 amide bonds. The standard InChI is InChI=1S/C18H21ClN2O3/c1-21(10-9-15-4-2-3-11-23-15)18(22)16-12-17(24-20-16)13-5-7-14(19)8-6-13/h5-8,12,15H,2-4,9-11H2,1H3. The van der Waals surface area contributed by atoms with E-state index in [1.165, 1.54) is 6.42 Å². The van der Waals surface area contributed by atoms with Gasteiger partial charge < -0.3 is 14.2 Å². The van der Waals surface area contributed by atoms with Crippen LogP contribution in [-0.2, 0) is 4.74 Å². The van der Waals surface area contributed by atoms with Gasteiger partial charge in [-0.2, -0.15) is 0 Å². The molecule has 1 aliphatic rings. The minimum absolute atomic E-state index is 0.144. The first-order chi connectivity index (χ1) is 11.6. The smallest absolute Gasteiger partial charge is 0.275 e. The van der Waals surface area contributed by atoms with E-state index in [-0.39, 0.29) is 12.0 Å². The first-order valence-corrected chi connectivity index (χ1v) is 8.61. The summed E-state index contributed by atoms with van der Waals surface area (Å²) in [6.07, 6.45) is 4.53. The van der Waals surface area contributed by atoms with Crippen LogP contribution in [0.3, 0.4) is 0 Å². The lowest BCUT2D eigenvalue weighted by Gasteiger charge is -2.24. The van der Waals surface area contributed by atoms with E-state index >= 15 is 0 Å². The summed E-state index contributed by atoms with van der Waals surface area (Å²) in [4.78, 5) is 14.1. The fraction of sp³-hybridized carbons (Fsp3) is 0.444. The Kier molecular flexibility index (Phi) is 5.53. The van der Waals surface area contributed by atoms with Crippen LogP contribution in [0.1, 0.15) is 36.2 Å². The van der Waals surface area contributed by atoms with Gasteiger partial charge in [-0.05, 0) is 49.9 Å². The van der Waals surface area contributed by atoms with Gasteiger partial charge in [-0.1, -0.05) is 16.8 Å². The number of benzene rings is 1. The molecule has 0 bridgehead atoms. The molecule has 2 heterocycles. The largest absolute Gasteiger partial charge is 0.378 e. The van der Waals surface area contributed by atoms with Gasteiger partial charge in [0.2, 0.25) is 0 Å². The number of ether oxygens (including phenoxy) is 1. The van der Waals surface area contributed by atoms with Crippen LogP contribution < -0.4 is 0 Å². The van der Waals surface area contributed by atoms with E-state index in [4.69, 9.17) is 20.9 Å². The van der Waals surface area contributed by atoms with Crippen molar-refractivity contribution in [2.75, 3.05) is 20.2 Å². The van der Waals surface area contributed by atoms with Crippen molar-refractivity contribution in [1.82, 2.24) is 10.1 Å². The zero-order valence-electron chi connectivity index (χ0n) is 13.7. The highest BCUT2D eigenvalue weighted by molar-refractivity contribution is 6.30. The van der Waals surface area contributed by atoms with Gasteiger partial charge in [0.1, 0.15) is 0 Å². The molecule has 24 heavy (non-hydrogen) atoms. The van der Waals surface area contributed by atoms with Crippen molar-refractivity contribution in [2.45, 2.75) is 31.8 Å². The fourth-order valence-electron chi connectivity index (χ4n) is 2.80. The summed E-state index contributed by atoms with van der Waals surface area (Å²) in [6.45, 7) is 1.47. The van der Waals surface area contributed by atoms with Crippen LogP contribution in [-0.4, -0.2) is 42.3 Å². The Morgan fingerprint density at radius 2 is 2.12 bits per heavy atom. The van der Waals surface area contributed by atoms with Crippen molar-refractivity contribution in [3.05, 3.63) is 41.0 Å². The number of aromatic nitrogens is 1. The quantitative estimate of drug-likeness (QED) is 0.818. The third kappa shape index (κ3) is 4.16. The maximum Gasteiger partial charge on any atom is 0.275 e. The summed E-state index contributed by atoms with van der Waals surface area (Å²) in [5, 5.41) is 4.55. The Bertz CT molecular complexity index is 678. The van der Waals surface area contributed by atoms with Gasteiger partial charge in [0.15, 0.2) is 11.5 Å². The first-order valence-electron chi connectivity index (χ1n) is 8.23. The fourth-order valence-corrected chi connectivity index (χ4v) is 2.92. The number of amides is 1. The summed E-state index contributed by atoms with van der Waals surface area (Å²) < 4.78 is 11.0. The molecule has 1 saturated heterocycles. The molecule has 0 aliphatic carbocycles. The van der Waals surface area contributed by atoms with Gasteiger partial charge >= 0.3 is 0 Å². The van der Waals surface area contributed by atoms with E-state index in [9.17, 15) is 4.79 Å². The van der Waals surface area contributed by atoms with Crippen LogP contribution in [0.25, 0.3) is 11.3 Å². The minimum atomic E-state index is -0.144. The van der Waals surface area contributed by atoms with Crippen molar-refractivity contribution in [1.29, 1.82) is 0 Å². The maximum atomic E-state index is 12.5. The van der Waals surface area contributed by atoms with E-state index in [1.807, 2.05) is 12.1 Å². The molecule has 128 valence electrons. The monoisotopic (exact) mass is 348 g/mol. The molecule has 1 aromatic carbocycles. The molecule has 1 fully saturated rings. The number of nitrogens with zero attached hydrogens (tertiary/aromatic N) is 2. The van der Waals surface area contributed by atoms with Gasteiger partial charge in [0.05, 0.1) is 6.10 Å². The second-order valence-corrected chi connectivity index (χ2v) is 6.52. The van der Waals surface area contributed by atoms with Gasteiger partial charge in [-0.25, -0.2) is 0 Å². The lowest BCUT2D eigenvalue weighted by atomic mass is 10.1. The van der Waals surface area contributed by atoms with Gasteiger partial charge in [-0.3, -0.25) is 4.79 Å². The molecular weight excluding hydrogens is 328 g/mol. The second kappa shape index (κ2) is 7.81. The highest BCUT2D eigenvalue weighted by Crippen LogP contribution is 2.23. The van der Waals surface area contributed by atoms with Crippen LogP contribution in [0.5, 0.6) is 0 Å². The topological polar surface area (TPSA) is 55.6 Å². The maximum absolute atomic E-state index is 12.5. The molecule has 0 spiro atoms. The number of hydrogen-bond donors (Lipinski definition) is 0. The van der Waals surface area contributed by atoms with Crippen LogP contribution >= 0.6 is 11.6 Å². The second-order valence-electron chi connectivity index (χ2n) is 6.09. The van der Waals surface area contributed by atoms with Gasteiger partial charge in [0.25, 0.3) is 5.91 Å². The summed E-state index contributed by atoms with van der Waals surface area (Å²) in [5.41, 5.74) is 1.15. The molecule has 0 saturated carbocycles. The van der Waals surface area contributed by atoms with Crippen molar-refractivity contribution in [2.24, 2.45) is 0 Å². The molecule has 6 heteroatoms. The van der Waals surface area contributed by atoms with Crippen molar-refractivity contribution < 1.29 is 14.1 Å². The van der Waals surface area contributed by atoms with E-state index < -0.39 is 0 Å². The zero-order chi connectivity index (χ0) is 16.9. The van der Waals surface area contributed by atoms with Crippen LogP contribution in [0.2, 0.25) is 5.02 Å². The SMILES string of the molecule is CN(CCC1CCCCO1)C(=O)c1cc(-c2ccc(Cl)cc2)on1. The molecule has 1 aliphatic heterocycles. The number of rotatable bonds is 5. The normalized spacial score (nSPS) is 17.7. The molecule has 1 aromatic heterocycles. The van der Waals surface area contributed by atoms with E-state index in [2.05, 4.69) is 5.16 Å². The van der Waals surface area contributed by atoms with Crippen molar-refractivity contribution in [3.8, 4) is 11.3 Å². The average Bonchev–Trinajstić information content (AvgIpc) is 3.10. The third-order valence-corrected chi connectivity index (χ3v) is 4.52. The van der Waals surface area contributed by atoms with Crippen LogP contribution in [0, 0.1) is 0 Å². The van der Waals surface area contributed by atoms with Crippen molar-refractivity contribution in [3.63, 3.8) is 0 Å². The average molecular weight is 349 g/mol. The van der Waals surface area contributed by atoms with Crippen LogP contribution in [0.4, 0.5) is 0 Å². The molecule has 1 atom stereocenters. The highest BCUT2D eigenvalue weighted by Gasteiger charge is 2.20. The Morgan fingerprint density at radius 1 is 1.33 bits per heavy atom.